The molecular formula is C13H21ClN2. The number of hydrogen-bond donors (Lipinski definition) is 1. The molecule has 0 radical (unpaired) electrons. The van der Waals surface area contributed by atoms with Gasteiger partial charge in [0.2, 0.25) is 0 Å². The van der Waals surface area contributed by atoms with Crippen molar-refractivity contribution in [3.05, 3.63) is 29.0 Å². The molecule has 1 heterocycles. The van der Waals surface area contributed by atoms with Gasteiger partial charge in [0.15, 0.2) is 0 Å². The molecule has 1 aromatic heterocycles. The van der Waals surface area contributed by atoms with Gasteiger partial charge in [0.25, 0.3) is 0 Å². The molecule has 0 spiro atoms. The summed E-state index contributed by atoms with van der Waals surface area (Å²) in [6.45, 7) is 6.64. The average Bonchev–Trinajstić information content (AvgIpc) is 2.27. The molecule has 0 fully saturated rings. The summed E-state index contributed by atoms with van der Waals surface area (Å²) >= 11 is 5.72. The van der Waals surface area contributed by atoms with Crippen LogP contribution in [0.2, 0.25) is 5.15 Å². The lowest BCUT2D eigenvalue weighted by Gasteiger charge is -2.11. The van der Waals surface area contributed by atoms with Crippen LogP contribution in [0.1, 0.15) is 32.3 Å². The monoisotopic (exact) mass is 240 g/mol. The lowest BCUT2D eigenvalue weighted by atomic mass is 10.1. The van der Waals surface area contributed by atoms with Gasteiger partial charge in [0.1, 0.15) is 5.15 Å². The highest BCUT2D eigenvalue weighted by atomic mass is 35.5. The first-order valence-electron chi connectivity index (χ1n) is 6.03. The summed E-state index contributed by atoms with van der Waals surface area (Å²) in [7, 11) is 0. The van der Waals surface area contributed by atoms with Gasteiger partial charge < -0.3 is 5.32 Å². The van der Waals surface area contributed by atoms with E-state index < -0.39 is 0 Å². The zero-order valence-corrected chi connectivity index (χ0v) is 10.9. The standard InChI is InChI=1S/C13H21ClN2/c1-3-4-11(2)9-15-8-7-12-5-6-13(14)16-10-12/h5-6,10-11,15H,3-4,7-9H2,1-2H3. The second-order valence-electron chi connectivity index (χ2n) is 4.34. The molecule has 16 heavy (non-hydrogen) atoms. The molecule has 0 aromatic carbocycles. The van der Waals surface area contributed by atoms with E-state index in [1.807, 2.05) is 18.3 Å². The minimum Gasteiger partial charge on any atom is -0.316 e. The Morgan fingerprint density at radius 3 is 2.88 bits per heavy atom. The van der Waals surface area contributed by atoms with Crippen molar-refractivity contribution in [2.24, 2.45) is 5.92 Å². The van der Waals surface area contributed by atoms with Gasteiger partial charge in [0, 0.05) is 6.20 Å². The molecule has 2 nitrogen and oxygen atoms in total. The summed E-state index contributed by atoms with van der Waals surface area (Å²) in [4.78, 5) is 4.06. The third kappa shape index (κ3) is 5.47. The Morgan fingerprint density at radius 2 is 2.25 bits per heavy atom. The van der Waals surface area contributed by atoms with Crippen LogP contribution in [0.15, 0.2) is 18.3 Å². The molecule has 0 bridgehead atoms. The Labute approximate surface area is 103 Å². The summed E-state index contributed by atoms with van der Waals surface area (Å²) in [6, 6.07) is 3.88. The molecule has 90 valence electrons. The van der Waals surface area contributed by atoms with Crippen LogP contribution in [0, 0.1) is 5.92 Å². The number of nitrogens with one attached hydrogen (secondary N) is 1. The van der Waals surface area contributed by atoms with Crippen LogP contribution in [0.3, 0.4) is 0 Å². The minimum absolute atomic E-state index is 0.563. The Morgan fingerprint density at radius 1 is 1.44 bits per heavy atom. The van der Waals surface area contributed by atoms with E-state index in [1.165, 1.54) is 18.4 Å². The van der Waals surface area contributed by atoms with E-state index in [-0.39, 0.29) is 0 Å². The first-order valence-corrected chi connectivity index (χ1v) is 6.41. The second-order valence-corrected chi connectivity index (χ2v) is 4.72. The van der Waals surface area contributed by atoms with E-state index >= 15 is 0 Å². The molecule has 1 unspecified atom stereocenters. The Balaban J connectivity index is 2.13. The number of pyridine rings is 1. The maximum Gasteiger partial charge on any atom is 0.129 e. The van der Waals surface area contributed by atoms with Crippen molar-refractivity contribution in [2.75, 3.05) is 13.1 Å². The van der Waals surface area contributed by atoms with Crippen LogP contribution in [0.4, 0.5) is 0 Å². The maximum absolute atomic E-state index is 5.72. The Bertz CT molecular complexity index is 284. The van der Waals surface area contributed by atoms with Crippen molar-refractivity contribution >= 4 is 11.6 Å². The van der Waals surface area contributed by atoms with Crippen LogP contribution in [0.25, 0.3) is 0 Å². The zero-order chi connectivity index (χ0) is 11.8. The van der Waals surface area contributed by atoms with E-state index in [0.29, 0.717) is 5.15 Å². The number of rotatable bonds is 7. The largest absolute Gasteiger partial charge is 0.316 e. The van der Waals surface area contributed by atoms with Crippen molar-refractivity contribution in [2.45, 2.75) is 33.1 Å². The predicted octanol–water partition coefficient (Wildman–Crippen LogP) is 3.30. The average molecular weight is 241 g/mol. The van der Waals surface area contributed by atoms with Crippen LogP contribution in [-0.4, -0.2) is 18.1 Å². The Hall–Kier alpha value is -0.600. The van der Waals surface area contributed by atoms with Gasteiger partial charge >= 0.3 is 0 Å². The van der Waals surface area contributed by atoms with Gasteiger partial charge in [-0.05, 0) is 43.5 Å². The van der Waals surface area contributed by atoms with Crippen LogP contribution in [-0.2, 0) is 6.42 Å². The second kappa shape index (κ2) is 7.64. The SMILES string of the molecule is CCCC(C)CNCCc1ccc(Cl)nc1. The van der Waals surface area contributed by atoms with E-state index in [4.69, 9.17) is 11.6 Å². The summed E-state index contributed by atoms with van der Waals surface area (Å²) in [5, 5.41) is 4.04. The zero-order valence-electron chi connectivity index (χ0n) is 10.2. The first-order chi connectivity index (χ1) is 7.72. The number of halogens is 1. The smallest absolute Gasteiger partial charge is 0.129 e. The molecule has 1 N–H and O–H groups in total. The summed E-state index contributed by atoms with van der Waals surface area (Å²) < 4.78 is 0. The molecular weight excluding hydrogens is 220 g/mol. The quantitative estimate of drug-likeness (QED) is 0.584. The molecule has 1 aromatic rings. The van der Waals surface area contributed by atoms with Gasteiger partial charge in [-0.15, -0.1) is 0 Å². The van der Waals surface area contributed by atoms with E-state index in [1.54, 1.807) is 0 Å². The first kappa shape index (κ1) is 13.5. The van der Waals surface area contributed by atoms with Gasteiger partial charge in [-0.1, -0.05) is 37.9 Å². The summed E-state index contributed by atoms with van der Waals surface area (Å²) in [5.41, 5.74) is 1.24. The third-order valence-electron chi connectivity index (χ3n) is 2.65. The van der Waals surface area contributed by atoms with Crippen molar-refractivity contribution in [3.8, 4) is 0 Å². The molecule has 1 rings (SSSR count). The van der Waals surface area contributed by atoms with E-state index in [0.717, 1.165) is 25.4 Å². The maximum atomic E-state index is 5.72. The van der Waals surface area contributed by atoms with E-state index in [9.17, 15) is 0 Å². The van der Waals surface area contributed by atoms with Gasteiger partial charge in [0.05, 0.1) is 0 Å². The highest BCUT2D eigenvalue weighted by Crippen LogP contribution is 2.06. The molecule has 0 aliphatic carbocycles. The molecule has 0 saturated carbocycles. The third-order valence-corrected chi connectivity index (χ3v) is 2.88. The lowest BCUT2D eigenvalue weighted by molar-refractivity contribution is 0.478. The topological polar surface area (TPSA) is 24.9 Å². The van der Waals surface area contributed by atoms with Crippen molar-refractivity contribution < 1.29 is 0 Å². The fourth-order valence-electron chi connectivity index (χ4n) is 1.73. The highest BCUT2D eigenvalue weighted by Gasteiger charge is 1.99. The summed E-state index contributed by atoms with van der Waals surface area (Å²) in [6.07, 6.45) is 5.43. The van der Waals surface area contributed by atoms with Crippen LogP contribution < -0.4 is 5.32 Å². The molecule has 1 atom stereocenters. The van der Waals surface area contributed by atoms with Crippen molar-refractivity contribution in [1.82, 2.24) is 10.3 Å². The van der Waals surface area contributed by atoms with E-state index in [2.05, 4.69) is 24.1 Å². The highest BCUT2D eigenvalue weighted by molar-refractivity contribution is 6.29. The molecule has 0 saturated heterocycles. The van der Waals surface area contributed by atoms with Crippen LogP contribution in [0.5, 0.6) is 0 Å². The molecule has 0 amide bonds. The minimum atomic E-state index is 0.563. The summed E-state index contributed by atoms with van der Waals surface area (Å²) in [5.74, 6) is 0.772. The number of hydrogen-bond acceptors (Lipinski definition) is 2. The van der Waals surface area contributed by atoms with Gasteiger partial charge in [-0.2, -0.15) is 0 Å². The fourth-order valence-corrected chi connectivity index (χ4v) is 1.84. The molecule has 0 aliphatic heterocycles. The molecule has 3 heteroatoms. The number of nitrogens with zero attached hydrogens (tertiary/aromatic N) is 1. The van der Waals surface area contributed by atoms with Crippen molar-refractivity contribution in [1.29, 1.82) is 0 Å². The normalized spacial score (nSPS) is 12.7. The number of aromatic nitrogens is 1. The fraction of sp³-hybridized carbons (Fsp3) is 0.615. The van der Waals surface area contributed by atoms with Gasteiger partial charge in [-0.3, -0.25) is 0 Å². The lowest BCUT2D eigenvalue weighted by Crippen LogP contribution is -2.23. The van der Waals surface area contributed by atoms with Crippen LogP contribution >= 0.6 is 11.6 Å². The predicted molar refractivity (Wildman–Crippen MR) is 69.9 cm³/mol. The Kier molecular flexibility index (Phi) is 6.43. The molecule has 0 aliphatic rings. The van der Waals surface area contributed by atoms with Gasteiger partial charge in [-0.25, -0.2) is 4.98 Å². The van der Waals surface area contributed by atoms with Crippen molar-refractivity contribution in [3.63, 3.8) is 0 Å².